The van der Waals surface area contributed by atoms with E-state index in [2.05, 4.69) is 34.9 Å². The Morgan fingerprint density at radius 2 is 1.80 bits per heavy atom. The zero-order chi connectivity index (χ0) is 21.0. The fourth-order valence-electron chi connectivity index (χ4n) is 4.81. The highest BCUT2D eigenvalue weighted by atomic mass is 32.2. The lowest BCUT2D eigenvalue weighted by molar-refractivity contribution is 0.205. The van der Waals surface area contributed by atoms with Crippen molar-refractivity contribution in [2.75, 3.05) is 11.9 Å². The number of amides is 2. The summed E-state index contributed by atoms with van der Waals surface area (Å²) >= 11 is 1.28. The van der Waals surface area contributed by atoms with E-state index in [4.69, 9.17) is 0 Å². The van der Waals surface area contributed by atoms with Crippen molar-refractivity contribution in [2.24, 2.45) is 0 Å². The van der Waals surface area contributed by atoms with Crippen LogP contribution >= 0.6 is 11.3 Å². The maximum absolute atomic E-state index is 12.9. The largest absolute Gasteiger partial charge is 0.333 e. The monoisotopic (exact) mass is 445 g/mol. The second-order valence-corrected chi connectivity index (χ2v) is 11.8. The van der Waals surface area contributed by atoms with Crippen LogP contribution in [0.3, 0.4) is 0 Å². The fraction of sp³-hybridized carbons (Fsp3) is 0.500. The molecular formula is C22H27N3O3S2. The predicted molar refractivity (Wildman–Crippen MR) is 119 cm³/mol. The Morgan fingerprint density at radius 1 is 1.03 bits per heavy atom. The van der Waals surface area contributed by atoms with Gasteiger partial charge >= 0.3 is 6.03 Å². The van der Waals surface area contributed by atoms with Crippen LogP contribution in [0.5, 0.6) is 0 Å². The Bertz CT molecular complexity index is 1130. The summed E-state index contributed by atoms with van der Waals surface area (Å²) in [5.41, 5.74) is 6.84. The summed E-state index contributed by atoms with van der Waals surface area (Å²) < 4.78 is 28.2. The van der Waals surface area contributed by atoms with Crippen molar-refractivity contribution in [1.29, 1.82) is 0 Å². The van der Waals surface area contributed by atoms with Gasteiger partial charge in [-0.3, -0.25) is 4.90 Å². The molecule has 2 amide bonds. The van der Waals surface area contributed by atoms with E-state index in [9.17, 15) is 13.2 Å². The number of sulfonamides is 1. The van der Waals surface area contributed by atoms with Crippen LogP contribution in [0.4, 0.5) is 10.5 Å². The maximum atomic E-state index is 12.9. The van der Waals surface area contributed by atoms with E-state index < -0.39 is 16.1 Å². The van der Waals surface area contributed by atoms with Gasteiger partial charge in [0.1, 0.15) is 4.21 Å². The van der Waals surface area contributed by atoms with Gasteiger partial charge in [-0.1, -0.05) is 6.07 Å². The number of nitrogens with one attached hydrogen (secondary N) is 2. The van der Waals surface area contributed by atoms with Crippen LogP contribution in [0.25, 0.3) is 0 Å². The zero-order valence-electron chi connectivity index (χ0n) is 17.4. The molecule has 0 bridgehead atoms. The molecule has 2 heterocycles. The molecule has 6 nitrogen and oxygen atoms in total. The highest BCUT2D eigenvalue weighted by Gasteiger charge is 2.29. The van der Waals surface area contributed by atoms with Crippen molar-refractivity contribution < 1.29 is 13.2 Å². The number of carbonyl (C=O) groups excluding carboxylic acids is 1. The van der Waals surface area contributed by atoms with E-state index in [1.54, 1.807) is 6.07 Å². The lowest BCUT2D eigenvalue weighted by atomic mass is 9.83. The molecule has 0 unspecified atom stereocenters. The lowest BCUT2D eigenvalue weighted by Crippen LogP contribution is -2.35. The third-order valence-electron chi connectivity index (χ3n) is 6.58. The van der Waals surface area contributed by atoms with E-state index in [0.29, 0.717) is 6.04 Å². The smallest absolute Gasteiger partial charge is 0.307 e. The summed E-state index contributed by atoms with van der Waals surface area (Å²) in [6.07, 6.45) is 5.88. The van der Waals surface area contributed by atoms with Crippen molar-refractivity contribution in [3.8, 4) is 0 Å². The SMILES string of the molecule is CC(C)N1CCc2sc(S(=O)(=O)NC(=O)Nc3c4c(cc5c3CC5)CCC4)cc2C1. The summed E-state index contributed by atoms with van der Waals surface area (Å²) in [6, 6.07) is 3.75. The van der Waals surface area contributed by atoms with Crippen molar-refractivity contribution in [3.63, 3.8) is 0 Å². The van der Waals surface area contributed by atoms with E-state index >= 15 is 0 Å². The molecule has 0 saturated heterocycles. The summed E-state index contributed by atoms with van der Waals surface area (Å²) in [5.74, 6) is 0. The Kier molecular flexibility index (Phi) is 4.91. The molecule has 0 fully saturated rings. The number of carbonyl (C=O) groups is 1. The molecule has 2 aliphatic carbocycles. The quantitative estimate of drug-likeness (QED) is 0.754. The lowest BCUT2D eigenvalue weighted by Gasteiger charge is -2.30. The number of aryl methyl sites for hydroxylation is 2. The molecule has 5 rings (SSSR count). The number of urea groups is 1. The Balaban J connectivity index is 1.34. The average molecular weight is 446 g/mol. The molecule has 160 valence electrons. The van der Waals surface area contributed by atoms with Gasteiger partial charge in [0, 0.05) is 29.7 Å². The number of anilines is 1. The number of rotatable bonds is 4. The minimum Gasteiger partial charge on any atom is -0.307 e. The molecule has 2 N–H and O–H groups in total. The molecule has 8 heteroatoms. The standard InChI is InChI=1S/C22H27N3O3S2/c1-13(2)25-9-8-19-16(12-25)11-20(29-19)30(27,28)24-22(26)23-21-17-5-3-4-14(17)10-15-6-7-18(15)21/h10-11,13H,3-9,12H2,1-2H3,(H2,23,24,26). The Morgan fingerprint density at radius 3 is 2.53 bits per heavy atom. The molecule has 0 saturated carbocycles. The zero-order valence-corrected chi connectivity index (χ0v) is 19.0. The van der Waals surface area contributed by atoms with Gasteiger partial charge in [0.2, 0.25) is 0 Å². The number of nitrogens with zero attached hydrogens (tertiary/aromatic N) is 1. The third-order valence-corrected chi connectivity index (χ3v) is 9.62. The van der Waals surface area contributed by atoms with Crippen LogP contribution in [0, 0.1) is 0 Å². The molecule has 1 aromatic heterocycles. The first-order chi connectivity index (χ1) is 14.3. The first kappa shape index (κ1) is 20.0. The van der Waals surface area contributed by atoms with Crippen molar-refractivity contribution in [3.05, 3.63) is 44.8 Å². The van der Waals surface area contributed by atoms with Crippen LogP contribution < -0.4 is 10.0 Å². The second kappa shape index (κ2) is 7.35. The molecular weight excluding hydrogens is 418 g/mol. The first-order valence-corrected chi connectivity index (χ1v) is 13.0. The number of hydrogen-bond donors (Lipinski definition) is 2. The number of hydrogen-bond acceptors (Lipinski definition) is 5. The Labute approximate surface area is 181 Å². The molecule has 0 spiro atoms. The normalized spacial score (nSPS) is 17.8. The number of fused-ring (bicyclic) bond motifs is 3. The number of benzene rings is 1. The summed E-state index contributed by atoms with van der Waals surface area (Å²) in [7, 11) is -3.89. The van der Waals surface area contributed by atoms with Crippen LogP contribution in [0.1, 0.15) is 53.0 Å². The number of thiophene rings is 1. The van der Waals surface area contributed by atoms with Gasteiger partial charge in [-0.05, 0) is 86.3 Å². The van der Waals surface area contributed by atoms with E-state index in [1.165, 1.54) is 33.6 Å². The molecule has 2 aromatic rings. The second-order valence-electron chi connectivity index (χ2n) is 8.77. The summed E-state index contributed by atoms with van der Waals surface area (Å²) in [4.78, 5) is 16.1. The van der Waals surface area contributed by atoms with Gasteiger partial charge in [-0.2, -0.15) is 0 Å². The minimum absolute atomic E-state index is 0.222. The van der Waals surface area contributed by atoms with Gasteiger partial charge in [-0.15, -0.1) is 11.3 Å². The molecule has 1 aromatic carbocycles. The fourth-order valence-corrected chi connectivity index (χ4v) is 7.26. The molecule has 3 aliphatic rings. The van der Waals surface area contributed by atoms with Crippen molar-refractivity contribution in [1.82, 2.24) is 9.62 Å². The molecule has 1 aliphatic heterocycles. The van der Waals surface area contributed by atoms with E-state index in [0.717, 1.165) is 67.7 Å². The first-order valence-electron chi connectivity index (χ1n) is 10.7. The van der Waals surface area contributed by atoms with Crippen LogP contribution in [-0.4, -0.2) is 31.9 Å². The van der Waals surface area contributed by atoms with E-state index in [1.807, 2.05) is 0 Å². The Hall–Kier alpha value is -1.90. The van der Waals surface area contributed by atoms with Gasteiger partial charge in [-0.25, -0.2) is 17.9 Å². The van der Waals surface area contributed by atoms with Crippen molar-refractivity contribution in [2.45, 2.75) is 69.2 Å². The summed E-state index contributed by atoms with van der Waals surface area (Å²) in [5, 5.41) is 2.88. The predicted octanol–water partition coefficient (Wildman–Crippen LogP) is 3.61. The van der Waals surface area contributed by atoms with Crippen LogP contribution in [0.2, 0.25) is 0 Å². The van der Waals surface area contributed by atoms with Crippen LogP contribution in [-0.2, 0) is 48.7 Å². The van der Waals surface area contributed by atoms with Crippen LogP contribution in [0.15, 0.2) is 16.3 Å². The van der Waals surface area contributed by atoms with E-state index in [-0.39, 0.29) is 4.21 Å². The molecule has 0 atom stereocenters. The van der Waals surface area contributed by atoms with Crippen molar-refractivity contribution >= 4 is 33.1 Å². The summed E-state index contributed by atoms with van der Waals surface area (Å²) in [6.45, 7) is 5.99. The third kappa shape index (κ3) is 3.44. The average Bonchev–Trinajstić information content (AvgIpc) is 3.30. The molecule has 0 radical (unpaired) electrons. The van der Waals surface area contributed by atoms with Gasteiger partial charge < -0.3 is 5.32 Å². The topological polar surface area (TPSA) is 78.5 Å². The highest BCUT2D eigenvalue weighted by Crippen LogP contribution is 2.39. The maximum Gasteiger partial charge on any atom is 0.333 e. The molecule has 30 heavy (non-hydrogen) atoms. The van der Waals surface area contributed by atoms with Gasteiger partial charge in [0.25, 0.3) is 10.0 Å². The minimum atomic E-state index is -3.89. The highest BCUT2D eigenvalue weighted by molar-refractivity contribution is 7.92. The van der Waals surface area contributed by atoms with Gasteiger partial charge in [0.15, 0.2) is 0 Å². The van der Waals surface area contributed by atoms with Gasteiger partial charge in [0.05, 0.1) is 0 Å².